The predicted octanol–water partition coefficient (Wildman–Crippen LogP) is 2.80. The van der Waals surface area contributed by atoms with Crippen molar-refractivity contribution in [2.75, 3.05) is 7.11 Å². The van der Waals surface area contributed by atoms with E-state index in [-0.39, 0.29) is 17.7 Å². The van der Waals surface area contributed by atoms with Crippen LogP contribution in [0.4, 0.5) is 4.39 Å². The molecule has 86 valence electrons. The number of esters is 1. The van der Waals surface area contributed by atoms with Crippen LogP contribution >= 0.6 is 0 Å². The zero-order valence-electron chi connectivity index (χ0n) is 9.50. The number of methoxy groups -OCH3 is 1. The lowest BCUT2D eigenvalue weighted by Crippen LogP contribution is -2.16. The van der Waals surface area contributed by atoms with Crippen LogP contribution in [-0.4, -0.2) is 13.1 Å². The molecule has 1 aromatic carbocycles. The second-order valence-electron chi connectivity index (χ2n) is 4.40. The number of aryl methyl sites for hydroxylation is 1. The van der Waals surface area contributed by atoms with Gasteiger partial charge in [-0.1, -0.05) is 6.07 Å². The molecule has 0 aliphatic heterocycles. The maximum atomic E-state index is 13.3. The van der Waals surface area contributed by atoms with E-state index in [0.717, 1.165) is 24.0 Å². The highest BCUT2D eigenvalue weighted by atomic mass is 19.1. The number of ether oxygens (including phenoxy) is 1. The third kappa shape index (κ3) is 2.23. The van der Waals surface area contributed by atoms with Crippen molar-refractivity contribution in [1.29, 1.82) is 0 Å². The molecule has 1 atom stereocenters. The van der Waals surface area contributed by atoms with Crippen LogP contribution < -0.4 is 0 Å². The molecule has 1 saturated carbocycles. The summed E-state index contributed by atoms with van der Waals surface area (Å²) < 4.78 is 18.1. The first-order valence-corrected chi connectivity index (χ1v) is 5.46. The van der Waals surface area contributed by atoms with Gasteiger partial charge in [0.05, 0.1) is 13.0 Å². The van der Waals surface area contributed by atoms with Gasteiger partial charge in [-0.3, -0.25) is 4.79 Å². The zero-order chi connectivity index (χ0) is 11.7. The third-order valence-electron chi connectivity index (χ3n) is 2.97. The lowest BCUT2D eigenvalue weighted by Gasteiger charge is -2.14. The van der Waals surface area contributed by atoms with Gasteiger partial charge < -0.3 is 4.74 Å². The summed E-state index contributed by atoms with van der Waals surface area (Å²) in [5, 5.41) is 0. The molecule has 0 heterocycles. The van der Waals surface area contributed by atoms with Gasteiger partial charge in [-0.05, 0) is 48.9 Å². The molecule has 0 spiro atoms. The Balaban J connectivity index is 2.34. The first-order valence-electron chi connectivity index (χ1n) is 5.46. The van der Waals surface area contributed by atoms with Gasteiger partial charge in [-0.15, -0.1) is 0 Å². The van der Waals surface area contributed by atoms with Crippen molar-refractivity contribution in [3.05, 3.63) is 35.1 Å². The predicted molar refractivity (Wildman–Crippen MR) is 58.6 cm³/mol. The van der Waals surface area contributed by atoms with Crippen LogP contribution in [0.1, 0.15) is 29.9 Å². The molecule has 3 heteroatoms. The van der Waals surface area contributed by atoms with Crippen LogP contribution in [0.15, 0.2) is 18.2 Å². The summed E-state index contributed by atoms with van der Waals surface area (Å²) in [7, 11) is 1.38. The Morgan fingerprint density at radius 1 is 1.44 bits per heavy atom. The molecule has 1 aliphatic carbocycles. The van der Waals surface area contributed by atoms with Gasteiger partial charge in [-0.2, -0.15) is 0 Å². The monoisotopic (exact) mass is 222 g/mol. The molecule has 1 aliphatic rings. The van der Waals surface area contributed by atoms with Crippen LogP contribution in [0.3, 0.4) is 0 Å². The first-order chi connectivity index (χ1) is 7.61. The molecular weight excluding hydrogens is 207 g/mol. The number of carbonyl (C=O) groups excluding carboxylic acids is 1. The summed E-state index contributed by atoms with van der Waals surface area (Å²) in [5.41, 5.74) is 1.58. The van der Waals surface area contributed by atoms with E-state index < -0.39 is 0 Å². The Hall–Kier alpha value is -1.38. The standard InChI is InChI=1S/C13H15FO2/c1-8-5-10(7-11(14)6-8)12(9-3-4-9)13(15)16-2/h5-7,9,12H,3-4H2,1-2H3. The Kier molecular flexibility index (Phi) is 2.95. The lowest BCUT2D eigenvalue weighted by atomic mass is 9.93. The number of benzene rings is 1. The Bertz CT molecular complexity index is 390. The highest BCUT2D eigenvalue weighted by Crippen LogP contribution is 2.43. The van der Waals surface area contributed by atoms with Crippen LogP contribution in [-0.2, 0) is 9.53 Å². The molecule has 2 rings (SSSR count). The van der Waals surface area contributed by atoms with Gasteiger partial charge in [0.2, 0.25) is 0 Å². The number of carbonyl (C=O) groups is 1. The summed E-state index contributed by atoms with van der Waals surface area (Å²) in [6, 6.07) is 4.76. The Labute approximate surface area is 94.4 Å². The molecule has 0 saturated heterocycles. The molecule has 0 N–H and O–H groups in total. The van der Waals surface area contributed by atoms with E-state index in [1.807, 2.05) is 13.0 Å². The SMILES string of the molecule is COC(=O)C(c1cc(C)cc(F)c1)C1CC1. The van der Waals surface area contributed by atoms with Crippen LogP contribution in [0.25, 0.3) is 0 Å². The maximum Gasteiger partial charge on any atom is 0.313 e. The van der Waals surface area contributed by atoms with Crippen LogP contribution in [0, 0.1) is 18.7 Å². The van der Waals surface area contributed by atoms with Crippen LogP contribution in [0.2, 0.25) is 0 Å². The zero-order valence-corrected chi connectivity index (χ0v) is 9.50. The molecule has 1 aromatic rings. The molecule has 16 heavy (non-hydrogen) atoms. The molecule has 2 nitrogen and oxygen atoms in total. The van der Waals surface area contributed by atoms with Crippen molar-refractivity contribution in [3.8, 4) is 0 Å². The fourth-order valence-electron chi connectivity index (χ4n) is 2.10. The van der Waals surface area contributed by atoms with Gasteiger partial charge >= 0.3 is 5.97 Å². The van der Waals surface area contributed by atoms with Gasteiger partial charge in [0, 0.05) is 0 Å². The minimum atomic E-state index is -0.292. The average Bonchev–Trinajstić information content (AvgIpc) is 3.00. The first kappa shape index (κ1) is 11.1. The van der Waals surface area contributed by atoms with E-state index in [9.17, 15) is 9.18 Å². The van der Waals surface area contributed by atoms with Gasteiger partial charge in [-0.25, -0.2) is 4.39 Å². The van der Waals surface area contributed by atoms with Crippen molar-refractivity contribution >= 4 is 5.97 Å². The van der Waals surface area contributed by atoms with Crippen molar-refractivity contribution in [2.45, 2.75) is 25.7 Å². The molecule has 0 bridgehead atoms. The maximum absolute atomic E-state index is 13.3. The second kappa shape index (κ2) is 4.24. The minimum absolute atomic E-state index is 0.257. The average molecular weight is 222 g/mol. The molecule has 1 unspecified atom stereocenters. The largest absolute Gasteiger partial charge is 0.469 e. The van der Waals surface area contributed by atoms with Gasteiger partial charge in [0.15, 0.2) is 0 Å². The highest BCUT2D eigenvalue weighted by molar-refractivity contribution is 5.79. The number of halogens is 1. The fourth-order valence-corrected chi connectivity index (χ4v) is 2.10. The second-order valence-corrected chi connectivity index (χ2v) is 4.40. The molecule has 1 fully saturated rings. The fraction of sp³-hybridized carbons (Fsp3) is 0.462. The molecule has 0 aromatic heterocycles. The smallest absolute Gasteiger partial charge is 0.313 e. The highest BCUT2D eigenvalue weighted by Gasteiger charge is 2.38. The summed E-state index contributed by atoms with van der Waals surface area (Å²) >= 11 is 0. The van der Waals surface area contributed by atoms with Crippen molar-refractivity contribution in [3.63, 3.8) is 0 Å². The summed E-state index contributed by atoms with van der Waals surface area (Å²) in [4.78, 5) is 11.7. The number of hydrogen-bond donors (Lipinski definition) is 0. The van der Waals surface area contributed by atoms with E-state index in [4.69, 9.17) is 4.74 Å². The Morgan fingerprint density at radius 3 is 2.62 bits per heavy atom. The van der Waals surface area contributed by atoms with E-state index in [2.05, 4.69) is 0 Å². The normalized spacial score (nSPS) is 16.9. The number of rotatable bonds is 3. The topological polar surface area (TPSA) is 26.3 Å². The van der Waals surface area contributed by atoms with E-state index in [0.29, 0.717) is 5.92 Å². The van der Waals surface area contributed by atoms with Crippen molar-refractivity contribution < 1.29 is 13.9 Å². The van der Waals surface area contributed by atoms with Crippen LogP contribution in [0.5, 0.6) is 0 Å². The van der Waals surface area contributed by atoms with E-state index >= 15 is 0 Å². The van der Waals surface area contributed by atoms with E-state index in [1.54, 1.807) is 0 Å². The number of hydrogen-bond acceptors (Lipinski definition) is 2. The molecular formula is C13H15FO2. The van der Waals surface area contributed by atoms with Crippen molar-refractivity contribution in [2.24, 2.45) is 5.92 Å². The summed E-state index contributed by atoms with van der Waals surface area (Å²) in [5.74, 6) is -0.509. The van der Waals surface area contributed by atoms with Gasteiger partial charge in [0.1, 0.15) is 5.82 Å². The van der Waals surface area contributed by atoms with Gasteiger partial charge in [0.25, 0.3) is 0 Å². The Morgan fingerprint density at radius 2 is 2.12 bits per heavy atom. The van der Waals surface area contributed by atoms with Crippen molar-refractivity contribution in [1.82, 2.24) is 0 Å². The molecule has 0 amide bonds. The summed E-state index contributed by atoms with van der Waals surface area (Å²) in [6.45, 7) is 1.83. The third-order valence-corrected chi connectivity index (χ3v) is 2.97. The summed E-state index contributed by atoms with van der Waals surface area (Å²) in [6.07, 6.45) is 2.05. The lowest BCUT2D eigenvalue weighted by molar-refractivity contribution is -0.143. The minimum Gasteiger partial charge on any atom is -0.469 e. The van der Waals surface area contributed by atoms with E-state index in [1.165, 1.54) is 19.2 Å². The molecule has 0 radical (unpaired) electrons. The quantitative estimate of drug-likeness (QED) is 0.735.